The maximum Gasteiger partial charge on any atom is 0.230 e. The van der Waals surface area contributed by atoms with Crippen LogP contribution in [0.1, 0.15) is 23.7 Å². The molecule has 7 heteroatoms. The molecule has 0 atom stereocenters. The van der Waals surface area contributed by atoms with Gasteiger partial charge in [-0.15, -0.1) is 11.3 Å². The Labute approximate surface area is 155 Å². The summed E-state index contributed by atoms with van der Waals surface area (Å²) in [5, 5.41) is 3.66. The number of anilines is 2. The topological polar surface area (TPSA) is 51.0 Å². The summed E-state index contributed by atoms with van der Waals surface area (Å²) in [6.07, 6.45) is 3.71. The van der Waals surface area contributed by atoms with Crippen molar-refractivity contribution in [2.45, 2.75) is 31.7 Å². The zero-order chi connectivity index (χ0) is 18.0. The molecule has 1 aromatic carbocycles. The number of aryl methyl sites for hydroxylation is 2. The largest absolute Gasteiger partial charge is 0.329 e. The highest BCUT2D eigenvalue weighted by atomic mass is 32.2. The highest BCUT2D eigenvalue weighted by Crippen LogP contribution is 2.33. The van der Waals surface area contributed by atoms with E-state index < -0.39 is 0 Å². The van der Waals surface area contributed by atoms with Crippen LogP contribution >= 0.6 is 23.1 Å². The van der Waals surface area contributed by atoms with E-state index in [2.05, 4.69) is 9.97 Å². The molecule has 0 N–H and O–H groups in total. The molecule has 0 saturated heterocycles. The van der Waals surface area contributed by atoms with Crippen LogP contribution < -0.4 is 4.90 Å². The fraction of sp³-hybridized carbons (Fsp3) is 0.278. The molecule has 25 heavy (non-hydrogen) atoms. The number of amides is 1. The number of imidazole rings is 1. The molecule has 0 aliphatic heterocycles. The number of hydrogen-bond acceptors (Lipinski definition) is 5. The van der Waals surface area contributed by atoms with Crippen molar-refractivity contribution in [3.63, 3.8) is 0 Å². The Hall–Kier alpha value is -2.12. The molecule has 1 amide bonds. The number of benzene rings is 1. The number of thioether (sulfide) groups is 1. The number of carbonyl (C=O) groups is 1. The van der Waals surface area contributed by atoms with E-state index in [-0.39, 0.29) is 5.91 Å². The first-order valence-electron chi connectivity index (χ1n) is 7.89. The lowest BCUT2D eigenvalue weighted by atomic mass is 10.1. The number of carbonyl (C=O) groups excluding carboxylic acids is 1. The van der Waals surface area contributed by atoms with Crippen molar-refractivity contribution in [3.8, 4) is 0 Å². The summed E-state index contributed by atoms with van der Waals surface area (Å²) >= 11 is 3.12. The van der Waals surface area contributed by atoms with Gasteiger partial charge in [0.1, 0.15) is 0 Å². The van der Waals surface area contributed by atoms with Crippen molar-refractivity contribution in [1.82, 2.24) is 14.5 Å². The second-order valence-corrected chi connectivity index (χ2v) is 7.58. The summed E-state index contributed by atoms with van der Waals surface area (Å²) in [6, 6.07) is 5.99. The third kappa shape index (κ3) is 3.77. The zero-order valence-electron chi connectivity index (χ0n) is 14.7. The highest BCUT2D eigenvalue weighted by Gasteiger charge is 2.20. The Morgan fingerprint density at radius 1 is 1.36 bits per heavy atom. The van der Waals surface area contributed by atoms with Crippen LogP contribution in [0.5, 0.6) is 0 Å². The molecule has 0 radical (unpaired) electrons. The van der Waals surface area contributed by atoms with Crippen molar-refractivity contribution < 1.29 is 4.79 Å². The van der Waals surface area contributed by atoms with Crippen molar-refractivity contribution in [3.05, 3.63) is 52.8 Å². The molecule has 0 unspecified atom stereocenters. The normalized spacial score (nSPS) is 10.9. The zero-order valence-corrected chi connectivity index (χ0v) is 16.3. The standard InChI is InChI=1S/C18H20N4OS2/c1-12-6-5-7-16(13(12)2)22(14(3)23)18-20-15(11-25-18)10-24-17-19-8-9-21(17)4/h5-9,11H,10H2,1-4H3. The quantitative estimate of drug-likeness (QED) is 0.620. The molecule has 0 fully saturated rings. The van der Waals surface area contributed by atoms with Crippen LogP contribution in [-0.4, -0.2) is 20.4 Å². The summed E-state index contributed by atoms with van der Waals surface area (Å²) in [5.74, 6) is 0.686. The summed E-state index contributed by atoms with van der Waals surface area (Å²) < 4.78 is 1.98. The highest BCUT2D eigenvalue weighted by molar-refractivity contribution is 7.98. The van der Waals surface area contributed by atoms with Gasteiger partial charge in [-0.1, -0.05) is 23.9 Å². The Balaban J connectivity index is 1.84. The Kier molecular flexibility index (Phi) is 5.24. The second-order valence-electron chi connectivity index (χ2n) is 5.80. The third-order valence-corrected chi connectivity index (χ3v) is 5.96. The smallest absolute Gasteiger partial charge is 0.230 e. The van der Waals surface area contributed by atoms with E-state index in [1.54, 1.807) is 29.8 Å². The van der Waals surface area contributed by atoms with Gasteiger partial charge in [0.25, 0.3) is 0 Å². The van der Waals surface area contributed by atoms with Crippen LogP contribution in [0, 0.1) is 13.8 Å². The minimum absolute atomic E-state index is 0.0358. The van der Waals surface area contributed by atoms with Crippen LogP contribution in [0.15, 0.2) is 41.1 Å². The molecule has 0 bridgehead atoms. The molecule has 2 heterocycles. The van der Waals surface area contributed by atoms with Gasteiger partial charge < -0.3 is 4.57 Å². The minimum atomic E-state index is -0.0358. The maximum atomic E-state index is 12.3. The van der Waals surface area contributed by atoms with E-state index in [9.17, 15) is 4.79 Å². The number of nitrogens with zero attached hydrogens (tertiary/aromatic N) is 4. The predicted octanol–water partition coefficient (Wildman–Crippen LogP) is 4.47. The van der Waals surface area contributed by atoms with Gasteiger partial charge in [0.2, 0.25) is 5.91 Å². The van der Waals surface area contributed by atoms with Gasteiger partial charge in [0, 0.05) is 37.5 Å². The SMILES string of the molecule is CC(=O)N(c1nc(CSc2nccn2C)cs1)c1cccc(C)c1C. The molecule has 3 aromatic rings. The minimum Gasteiger partial charge on any atom is -0.329 e. The molecule has 2 aromatic heterocycles. The van der Waals surface area contributed by atoms with Crippen LogP contribution in [0.25, 0.3) is 0 Å². The first kappa shape index (κ1) is 17.7. The van der Waals surface area contributed by atoms with Gasteiger partial charge in [-0.05, 0) is 31.0 Å². The molecule has 0 aliphatic rings. The maximum absolute atomic E-state index is 12.3. The summed E-state index contributed by atoms with van der Waals surface area (Å²) in [6.45, 7) is 5.66. The fourth-order valence-electron chi connectivity index (χ4n) is 2.48. The van der Waals surface area contributed by atoms with Gasteiger partial charge in [-0.25, -0.2) is 9.97 Å². The van der Waals surface area contributed by atoms with Gasteiger partial charge in [-0.3, -0.25) is 9.69 Å². The number of hydrogen-bond donors (Lipinski definition) is 0. The van der Waals surface area contributed by atoms with Gasteiger partial charge in [-0.2, -0.15) is 0 Å². The van der Waals surface area contributed by atoms with Crippen molar-refractivity contribution in [2.24, 2.45) is 7.05 Å². The van der Waals surface area contributed by atoms with Gasteiger partial charge in [0.05, 0.1) is 11.4 Å². The lowest BCUT2D eigenvalue weighted by molar-refractivity contribution is -0.115. The fourth-order valence-corrected chi connectivity index (χ4v) is 4.29. The lowest BCUT2D eigenvalue weighted by Crippen LogP contribution is -2.23. The molecule has 0 spiro atoms. The Morgan fingerprint density at radius 2 is 2.16 bits per heavy atom. The second kappa shape index (κ2) is 7.41. The molecule has 0 saturated carbocycles. The van der Waals surface area contributed by atoms with E-state index in [0.717, 1.165) is 33.4 Å². The van der Waals surface area contributed by atoms with Crippen LogP contribution in [0.4, 0.5) is 10.8 Å². The molecular weight excluding hydrogens is 352 g/mol. The molecule has 130 valence electrons. The summed E-state index contributed by atoms with van der Waals surface area (Å²) in [5.41, 5.74) is 4.09. The number of rotatable bonds is 5. The molecular formula is C18H20N4OS2. The third-order valence-electron chi connectivity index (χ3n) is 3.99. The van der Waals surface area contributed by atoms with Crippen LogP contribution in [0.3, 0.4) is 0 Å². The van der Waals surface area contributed by atoms with Crippen LogP contribution in [-0.2, 0) is 17.6 Å². The predicted molar refractivity (Wildman–Crippen MR) is 104 cm³/mol. The van der Waals surface area contributed by atoms with Gasteiger partial charge >= 0.3 is 0 Å². The van der Waals surface area contributed by atoms with E-state index in [1.165, 1.54) is 11.3 Å². The van der Waals surface area contributed by atoms with E-state index in [1.807, 2.05) is 55.2 Å². The first-order valence-corrected chi connectivity index (χ1v) is 9.75. The Bertz CT molecular complexity index is 900. The van der Waals surface area contributed by atoms with Crippen molar-refractivity contribution in [2.75, 3.05) is 4.90 Å². The molecule has 3 rings (SSSR count). The monoisotopic (exact) mass is 372 g/mol. The van der Waals surface area contributed by atoms with Crippen molar-refractivity contribution >= 4 is 39.8 Å². The molecule has 0 aliphatic carbocycles. The average molecular weight is 373 g/mol. The summed E-state index contributed by atoms with van der Waals surface area (Å²) in [4.78, 5) is 23.0. The Morgan fingerprint density at radius 3 is 2.84 bits per heavy atom. The van der Waals surface area contributed by atoms with E-state index in [4.69, 9.17) is 0 Å². The van der Waals surface area contributed by atoms with Crippen LogP contribution in [0.2, 0.25) is 0 Å². The number of aromatic nitrogens is 3. The van der Waals surface area contributed by atoms with Crippen molar-refractivity contribution in [1.29, 1.82) is 0 Å². The lowest BCUT2D eigenvalue weighted by Gasteiger charge is -2.21. The van der Waals surface area contributed by atoms with Gasteiger partial charge in [0.15, 0.2) is 10.3 Å². The molecule has 5 nitrogen and oxygen atoms in total. The van der Waals surface area contributed by atoms with E-state index >= 15 is 0 Å². The first-order chi connectivity index (χ1) is 12.0. The van der Waals surface area contributed by atoms with E-state index in [0.29, 0.717) is 5.13 Å². The summed E-state index contributed by atoms with van der Waals surface area (Å²) in [7, 11) is 1.97. The number of thiazole rings is 1. The average Bonchev–Trinajstić information content (AvgIpc) is 3.18.